The molecule has 0 aliphatic carbocycles. The molecule has 0 spiro atoms. The van der Waals surface area contributed by atoms with Gasteiger partial charge in [-0.05, 0) is 25.8 Å². The summed E-state index contributed by atoms with van der Waals surface area (Å²) in [4.78, 5) is 16.3. The number of rotatable bonds is 4. The predicted octanol–water partition coefficient (Wildman–Crippen LogP) is 1.46. The van der Waals surface area contributed by atoms with E-state index in [1.807, 2.05) is 5.38 Å². The maximum Gasteiger partial charge on any atom is 0.237 e. The van der Waals surface area contributed by atoms with E-state index in [4.69, 9.17) is 0 Å². The second-order valence-corrected chi connectivity index (χ2v) is 5.25. The Morgan fingerprint density at radius 1 is 1.65 bits per heavy atom. The van der Waals surface area contributed by atoms with Crippen LogP contribution in [0, 0.1) is 0 Å². The fraction of sp³-hybridized carbons (Fsp3) is 0.667. The molecule has 0 radical (unpaired) electrons. The Kier molecular flexibility index (Phi) is 4.50. The van der Waals surface area contributed by atoms with Crippen LogP contribution in [0.15, 0.2) is 5.38 Å². The number of aryl methyl sites for hydroxylation is 1. The molecule has 5 heteroatoms. The van der Waals surface area contributed by atoms with Gasteiger partial charge in [0.05, 0.1) is 23.3 Å². The van der Waals surface area contributed by atoms with E-state index in [-0.39, 0.29) is 11.9 Å². The fourth-order valence-corrected chi connectivity index (χ4v) is 2.71. The van der Waals surface area contributed by atoms with E-state index in [2.05, 4.69) is 22.5 Å². The van der Waals surface area contributed by atoms with Crippen molar-refractivity contribution >= 4 is 17.2 Å². The summed E-state index contributed by atoms with van der Waals surface area (Å²) < 4.78 is 0. The lowest BCUT2D eigenvalue weighted by molar-refractivity contribution is -0.123. The van der Waals surface area contributed by atoms with Crippen LogP contribution in [0.1, 0.15) is 36.9 Å². The number of aromatic nitrogens is 1. The van der Waals surface area contributed by atoms with Crippen molar-refractivity contribution in [3.63, 3.8) is 0 Å². The summed E-state index contributed by atoms with van der Waals surface area (Å²) in [6, 6.07) is -0.00645. The number of carbonyl (C=O) groups is 1. The van der Waals surface area contributed by atoms with Gasteiger partial charge in [0.1, 0.15) is 0 Å². The molecule has 1 aliphatic rings. The van der Waals surface area contributed by atoms with Gasteiger partial charge in [-0.15, -0.1) is 11.3 Å². The van der Waals surface area contributed by atoms with Crippen LogP contribution in [-0.4, -0.2) is 23.5 Å². The highest BCUT2D eigenvalue weighted by Gasteiger charge is 2.19. The lowest BCUT2D eigenvalue weighted by Crippen LogP contribution is -2.46. The molecular formula is C12H19N3OS. The van der Waals surface area contributed by atoms with E-state index in [1.165, 1.54) is 6.42 Å². The van der Waals surface area contributed by atoms with E-state index >= 15 is 0 Å². The summed E-state index contributed by atoms with van der Waals surface area (Å²) in [5.41, 5.74) is 0.969. The molecule has 1 aromatic rings. The lowest BCUT2D eigenvalue weighted by atomic mass is 10.0. The van der Waals surface area contributed by atoms with Crippen molar-refractivity contribution in [2.45, 2.75) is 45.2 Å². The standard InChI is InChI=1S/C12H19N3OS/c1-2-11-15-9(8-17-11)7-14-12(16)10-5-3-4-6-13-10/h8,10,13H,2-7H2,1H3,(H,14,16). The SMILES string of the molecule is CCc1nc(CNC(=O)C2CCCCN2)cs1. The predicted molar refractivity (Wildman–Crippen MR) is 69.0 cm³/mol. The van der Waals surface area contributed by atoms with Crippen molar-refractivity contribution in [2.24, 2.45) is 0 Å². The highest BCUT2D eigenvalue weighted by atomic mass is 32.1. The van der Waals surface area contributed by atoms with E-state index in [9.17, 15) is 4.79 Å². The molecule has 1 saturated heterocycles. The zero-order chi connectivity index (χ0) is 12.1. The first-order chi connectivity index (χ1) is 8.29. The smallest absolute Gasteiger partial charge is 0.237 e. The number of amides is 1. The van der Waals surface area contributed by atoms with Crippen molar-refractivity contribution in [1.29, 1.82) is 0 Å². The Morgan fingerprint density at radius 2 is 2.53 bits per heavy atom. The molecule has 1 atom stereocenters. The molecule has 17 heavy (non-hydrogen) atoms. The van der Waals surface area contributed by atoms with Gasteiger partial charge in [-0.1, -0.05) is 13.3 Å². The van der Waals surface area contributed by atoms with Crippen LogP contribution < -0.4 is 10.6 Å². The summed E-state index contributed by atoms with van der Waals surface area (Å²) in [5, 5.41) is 9.34. The first kappa shape index (κ1) is 12.5. The molecule has 2 rings (SSSR count). The molecule has 0 aromatic carbocycles. The monoisotopic (exact) mass is 253 g/mol. The van der Waals surface area contributed by atoms with Crippen molar-refractivity contribution in [3.8, 4) is 0 Å². The van der Waals surface area contributed by atoms with E-state index in [1.54, 1.807) is 11.3 Å². The first-order valence-corrected chi connectivity index (χ1v) is 7.12. The zero-order valence-electron chi connectivity index (χ0n) is 10.2. The Bertz CT molecular complexity index is 372. The van der Waals surface area contributed by atoms with Gasteiger partial charge in [0, 0.05) is 5.38 Å². The number of nitrogens with zero attached hydrogens (tertiary/aromatic N) is 1. The molecule has 0 saturated carbocycles. The Balaban J connectivity index is 1.78. The van der Waals surface area contributed by atoms with Crippen molar-refractivity contribution in [3.05, 3.63) is 16.1 Å². The molecule has 0 bridgehead atoms. The van der Waals surface area contributed by atoms with Crippen LogP contribution in [0.3, 0.4) is 0 Å². The Morgan fingerprint density at radius 3 is 3.18 bits per heavy atom. The minimum atomic E-state index is -0.00645. The fourth-order valence-electron chi connectivity index (χ4n) is 1.97. The molecule has 94 valence electrons. The number of hydrogen-bond donors (Lipinski definition) is 2. The number of piperidine rings is 1. The Labute approximate surface area is 106 Å². The van der Waals surface area contributed by atoms with Gasteiger partial charge in [-0.25, -0.2) is 4.98 Å². The average molecular weight is 253 g/mol. The average Bonchev–Trinajstić information content (AvgIpc) is 2.85. The largest absolute Gasteiger partial charge is 0.349 e. The van der Waals surface area contributed by atoms with Crippen molar-refractivity contribution < 1.29 is 4.79 Å². The summed E-state index contributed by atoms with van der Waals surface area (Å²) >= 11 is 1.66. The number of hydrogen-bond acceptors (Lipinski definition) is 4. The maximum absolute atomic E-state index is 11.8. The third-order valence-electron chi connectivity index (χ3n) is 2.97. The molecule has 1 amide bonds. The van der Waals surface area contributed by atoms with Crippen LogP contribution in [0.4, 0.5) is 0 Å². The minimum absolute atomic E-state index is 0.00645. The van der Waals surface area contributed by atoms with Gasteiger partial charge in [0.15, 0.2) is 0 Å². The van der Waals surface area contributed by atoms with Gasteiger partial charge in [0.2, 0.25) is 5.91 Å². The van der Waals surface area contributed by atoms with E-state index < -0.39 is 0 Å². The molecule has 1 unspecified atom stereocenters. The first-order valence-electron chi connectivity index (χ1n) is 6.24. The quantitative estimate of drug-likeness (QED) is 0.854. The Hall–Kier alpha value is -0.940. The normalized spacial score (nSPS) is 20.2. The second kappa shape index (κ2) is 6.12. The molecule has 1 aliphatic heterocycles. The highest BCUT2D eigenvalue weighted by molar-refractivity contribution is 7.09. The van der Waals surface area contributed by atoms with Crippen molar-refractivity contribution in [2.75, 3.05) is 6.54 Å². The molecule has 2 heterocycles. The minimum Gasteiger partial charge on any atom is -0.349 e. The molecule has 1 aromatic heterocycles. The van der Waals surface area contributed by atoms with Gasteiger partial charge < -0.3 is 10.6 Å². The highest BCUT2D eigenvalue weighted by Crippen LogP contribution is 2.10. The summed E-state index contributed by atoms with van der Waals surface area (Å²) in [5.74, 6) is 0.107. The van der Waals surface area contributed by atoms with E-state index in [0.717, 1.165) is 36.5 Å². The van der Waals surface area contributed by atoms with Crippen LogP contribution in [0.2, 0.25) is 0 Å². The van der Waals surface area contributed by atoms with Gasteiger partial charge in [0.25, 0.3) is 0 Å². The third-order valence-corrected chi connectivity index (χ3v) is 4.01. The second-order valence-electron chi connectivity index (χ2n) is 4.31. The van der Waals surface area contributed by atoms with Crippen molar-refractivity contribution in [1.82, 2.24) is 15.6 Å². The topological polar surface area (TPSA) is 54.0 Å². The van der Waals surface area contributed by atoms with Gasteiger partial charge in [-0.3, -0.25) is 4.79 Å². The molecule has 4 nitrogen and oxygen atoms in total. The molecule has 1 fully saturated rings. The summed E-state index contributed by atoms with van der Waals surface area (Å²) in [6.07, 6.45) is 4.23. The number of thiazole rings is 1. The van der Waals surface area contributed by atoms with Crippen LogP contribution >= 0.6 is 11.3 Å². The summed E-state index contributed by atoms with van der Waals surface area (Å²) in [7, 11) is 0. The van der Waals surface area contributed by atoms with E-state index in [0.29, 0.717) is 6.54 Å². The van der Waals surface area contributed by atoms with Gasteiger partial charge >= 0.3 is 0 Å². The third kappa shape index (κ3) is 3.51. The number of nitrogens with one attached hydrogen (secondary N) is 2. The number of carbonyl (C=O) groups excluding carboxylic acids is 1. The van der Waals surface area contributed by atoms with Crippen LogP contribution in [0.5, 0.6) is 0 Å². The maximum atomic E-state index is 11.8. The van der Waals surface area contributed by atoms with Crippen LogP contribution in [-0.2, 0) is 17.8 Å². The zero-order valence-corrected chi connectivity index (χ0v) is 11.0. The van der Waals surface area contributed by atoms with Crippen LogP contribution in [0.25, 0.3) is 0 Å². The summed E-state index contributed by atoms with van der Waals surface area (Å²) in [6.45, 7) is 3.59. The van der Waals surface area contributed by atoms with Gasteiger partial charge in [-0.2, -0.15) is 0 Å². The lowest BCUT2D eigenvalue weighted by Gasteiger charge is -2.22. The molecular weight excluding hydrogens is 234 g/mol. The molecule has 2 N–H and O–H groups in total.